The molecule has 0 radical (unpaired) electrons. The first-order valence-electron chi connectivity index (χ1n) is 11.3. The van der Waals surface area contributed by atoms with Crippen molar-refractivity contribution in [1.82, 2.24) is 15.0 Å². The molecule has 1 N–H and O–H groups in total. The van der Waals surface area contributed by atoms with Crippen molar-refractivity contribution in [2.75, 3.05) is 5.32 Å². The van der Waals surface area contributed by atoms with Gasteiger partial charge >= 0.3 is 5.97 Å². The Morgan fingerprint density at radius 2 is 1.44 bits per heavy atom. The minimum Gasteiger partial charge on any atom is -0.449 e. The van der Waals surface area contributed by atoms with Gasteiger partial charge in [0.1, 0.15) is 0 Å². The predicted molar refractivity (Wildman–Crippen MR) is 141 cm³/mol. The van der Waals surface area contributed by atoms with E-state index in [1.807, 2.05) is 73.0 Å². The number of carbonyl (C=O) groups is 2. The van der Waals surface area contributed by atoms with Gasteiger partial charge in [-0.15, -0.1) is 11.3 Å². The number of fused-ring (bicyclic) bond motifs is 1. The van der Waals surface area contributed by atoms with Gasteiger partial charge in [-0.2, -0.15) is 0 Å². The molecule has 3 aromatic carbocycles. The summed E-state index contributed by atoms with van der Waals surface area (Å²) in [4.78, 5) is 39.2. The van der Waals surface area contributed by atoms with E-state index in [4.69, 9.17) is 14.7 Å². The van der Waals surface area contributed by atoms with Gasteiger partial charge in [0, 0.05) is 16.5 Å². The molecular formula is C28H22N4O3S. The fraction of sp³-hybridized carbons (Fsp3) is 0.107. The van der Waals surface area contributed by atoms with Crippen LogP contribution in [-0.4, -0.2) is 32.9 Å². The lowest BCUT2D eigenvalue weighted by Crippen LogP contribution is -2.30. The summed E-state index contributed by atoms with van der Waals surface area (Å²) >= 11 is 1.31. The summed E-state index contributed by atoms with van der Waals surface area (Å²) in [6, 6.07) is 24.7. The van der Waals surface area contributed by atoms with E-state index in [1.165, 1.54) is 18.3 Å². The Kier molecular flexibility index (Phi) is 6.51. The summed E-state index contributed by atoms with van der Waals surface area (Å²) in [7, 11) is 0. The summed E-state index contributed by atoms with van der Waals surface area (Å²) in [5.74, 6) is -1.07. The van der Waals surface area contributed by atoms with E-state index >= 15 is 0 Å². The van der Waals surface area contributed by atoms with Crippen molar-refractivity contribution >= 4 is 39.4 Å². The first-order chi connectivity index (χ1) is 17.5. The van der Waals surface area contributed by atoms with Gasteiger partial charge in [0.25, 0.3) is 5.91 Å². The second-order valence-electron chi connectivity index (χ2n) is 8.19. The maximum Gasteiger partial charge on any atom is 0.338 e. The Hall–Kier alpha value is -4.43. The molecule has 5 rings (SSSR count). The summed E-state index contributed by atoms with van der Waals surface area (Å²) in [5.41, 5.74) is 5.63. The maximum atomic E-state index is 12.8. The number of amides is 1. The van der Waals surface area contributed by atoms with Crippen molar-refractivity contribution in [3.05, 3.63) is 95.5 Å². The molecule has 8 heteroatoms. The number of nitrogens with zero attached hydrogens (tertiary/aromatic N) is 3. The molecule has 1 amide bonds. The molecule has 0 fully saturated rings. The van der Waals surface area contributed by atoms with Crippen molar-refractivity contribution in [3.8, 4) is 22.5 Å². The van der Waals surface area contributed by atoms with Crippen LogP contribution < -0.4 is 5.32 Å². The lowest BCUT2D eigenvalue weighted by Gasteiger charge is -2.13. The van der Waals surface area contributed by atoms with Crippen LogP contribution in [0, 0.1) is 6.92 Å². The minimum absolute atomic E-state index is 0.285. The Morgan fingerprint density at radius 3 is 2.03 bits per heavy atom. The fourth-order valence-electron chi connectivity index (χ4n) is 3.68. The lowest BCUT2D eigenvalue weighted by molar-refractivity contribution is -0.123. The van der Waals surface area contributed by atoms with E-state index in [0.717, 1.165) is 22.5 Å². The molecule has 7 nitrogen and oxygen atoms in total. The van der Waals surface area contributed by atoms with Crippen molar-refractivity contribution < 1.29 is 14.3 Å². The van der Waals surface area contributed by atoms with Crippen LogP contribution in [0.15, 0.2) is 84.2 Å². The zero-order valence-corrected chi connectivity index (χ0v) is 20.5. The number of ether oxygens (including phenoxy) is 1. The highest BCUT2D eigenvalue weighted by Gasteiger charge is 2.21. The number of benzene rings is 3. The molecule has 0 saturated heterocycles. The molecule has 0 spiro atoms. The van der Waals surface area contributed by atoms with Crippen LogP contribution in [0.25, 0.3) is 33.5 Å². The second-order valence-corrected chi connectivity index (χ2v) is 9.05. The van der Waals surface area contributed by atoms with Crippen LogP contribution in [0.1, 0.15) is 23.0 Å². The van der Waals surface area contributed by atoms with Gasteiger partial charge in [-0.25, -0.2) is 19.7 Å². The Balaban J connectivity index is 1.44. The lowest BCUT2D eigenvalue weighted by atomic mass is 10.0. The molecule has 2 aromatic heterocycles. The van der Waals surface area contributed by atoms with Gasteiger partial charge in [-0.1, -0.05) is 60.7 Å². The first kappa shape index (κ1) is 23.3. The summed E-state index contributed by atoms with van der Waals surface area (Å²) in [6.45, 7) is 3.36. The van der Waals surface area contributed by atoms with E-state index in [9.17, 15) is 9.59 Å². The van der Waals surface area contributed by atoms with Crippen LogP contribution in [0.4, 0.5) is 5.13 Å². The quantitative estimate of drug-likeness (QED) is 0.295. The molecule has 178 valence electrons. The van der Waals surface area contributed by atoms with Gasteiger partial charge in [0.2, 0.25) is 0 Å². The van der Waals surface area contributed by atoms with Gasteiger partial charge in [-0.3, -0.25) is 10.1 Å². The number of anilines is 1. The first-order valence-corrected chi connectivity index (χ1v) is 12.2. The van der Waals surface area contributed by atoms with Crippen molar-refractivity contribution in [2.24, 2.45) is 0 Å². The van der Waals surface area contributed by atoms with Gasteiger partial charge in [0.05, 0.1) is 33.7 Å². The van der Waals surface area contributed by atoms with Crippen LogP contribution in [-0.2, 0) is 9.53 Å². The molecule has 5 aromatic rings. The Morgan fingerprint density at radius 1 is 0.833 bits per heavy atom. The number of hydrogen-bond donors (Lipinski definition) is 1. The van der Waals surface area contributed by atoms with Crippen molar-refractivity contribution in [3.63, 3.8) is 0 Å². The summed E-state index contributed by atoms with van der Waals surface area (Å²) < 4.78 is 5.41. The maximum absolute atomic E-state index is 12.8. The highest BCUT2D eigenvalue weighted by atomic mass is 32.1. The van der Waals surface area contributed by atoms with Gasteiger partial charge < -0.3 is 4.74 Å². The molecule has 36 heavy (non-hydrogen) atoms. The third kappa shape index (κ3) is 4.99. The Bertz CT molecular complexity index is 1550. The van der Waals surface area contributed by atoms with Gasteiger partial charge in [-0.05, 0) is 32.0 Å². The molecular weight excluding hydrogens is 472 g/mol. The predicted octanol–water partition coefficient (Wildman–Crippen LogP) is 5.91. The third-order valence-electron chi connectivity index (χ3n) is 5.50. The number of esters is 1. The molecule has 1 unspecified atom stereocenters. The van der Waals surface area contributed by atoms with E-state index in [2.05, 4.69) is 10.3 Å². The van der Waals surface area contributed by atoms with Crippen LogP contribution >= 0.6 is 11.3 Å². The number of hydrogen-bond acceptors (Lipinski definition) is 7. The largest absolute Gasteiger partial charge is 0.449 e. The molecule has 0 saturated carbocycles. The molecule has 0 aliphatic heterocycles. The molecule has 2 heterocycles. The average molecular weight is 495 g/mol. The smallest absolute Gasteiger partial charge is 0.338 e. The normalized spacial score (nSPS) is 11.7. The van der Waals surface area contributed by atoms with Crippen molar-refractivity contribution in [2.45, 2.75) is 20.0 Å². The zero-order chi connectivity index (χ0) is 25.1. The van der Waals surface area contributed by atoms with E-state index in [-0.39, 0.29) is 5.56 Å². The number of thiazole rings is 1. The zero-order valence-electron chi connectivity index (χ0n) is 19.6. The van der Waals surface area contributed by atoms with Crippen molar-refractivity contribution in [1.29, 1.82) is 0 Å². The van der Waals surface area contributed by atoms with E-state index in [0.29, 0.717) is 21.9 Å². The molecule has 0 bridgehead atoms. The number of nitrogens with one attached hydrogen (secondary N) is 1. The van der Waals surface area contributed by atoms with Crippen LogP contribution in [0.3, 0.4) is 0 Å². The Labute approximate surface area is 211 Å². The topological polar surface area (TPSA) is 94.1 Å². The standard InChI is InChI=1S/C28H22N4O3S/c1-17-16-36-28(29-17)32-26(33)18(2)35-27(34)21-13-14-22-23(15-21)31-25(20-11-7-4-8-12-20)24(30-22)19-9-5-3-6-10-19/h3-16,18H,1-2H3,(H,29,32,33). The average Bonchev–Trinajstić information content (AvgIpc) is 3.32. The monoisotopic (exact) mass is 494 g/mol. The number of aryl methyl sites for hydroxylation is 1. The highest BCUT2D eigenvalue weighted by molar-refractivity contribution is 7.13. The third-order valence-corrected chi connectivity index (χ3v) is 6.37. The number of carbonyl (C=O) groups excluding carboxylic acids is 2. The van der Waals surface area contributed by atoms with Gasteiger partial charge in [0.15, 0.2) is 11.2 Å². The second kappa shape index (κ2) is 10.1. The molecule has 0 aliphatic rings. The minimum atomic E-state index is -0.996. The molecule has 1 atom stereocenters. The number of aromatic nitrogens is 3. The summed E-state index contributed by atoms with van der Waals surface area (Å²) in [6.07, 6.45) is -0.996. The van der Waals surface area contributed by atoms with E-state index < -0.39 is 18.0 Å². The highest BCUT2D eigenvalue weighted by Crippen LogP contribution is 2.31. The fourth-order valence-corrected chi connectivity index (χ4v) is 4.37. The SMILES string of the molecule is Cc1csc(NC(=O)C(C)OC(=O)c2ccc3nc(-c4ccccc4)c(-c4ccccc4)nc3c2)n1. The number of rotatable bonds is 6. The summed E-state index contributed by atoms with van der Waals surface area (Å²) in [5, 5.41) is 4.96. The van der Waals surface area contributed by atoms with Crippen LogP contribution in [0.2, 0.25) is 0 Å². The van der Waals surface area contributed by atoms with Crippen LogP contribution in [0.5, 0.6) is 0 Å². The van der Waals surface area contributed by atoms with E-state index in [1.54, 1.807) is 18.2 Å². The molecule has 0 aliphatic carbocycles.